The summed E-state index contributed by atoms with van der Waals surface area (Å²) in [6.45, 7) is 2.25. The lowest BCUT2D eigenvalue weighted by atomic mass is 10.1. The Morgan fingerprint density at radius 1 is 0.967 bits per heavy atom. The molecule has 4 rings (SSSR count). The van der Waals surface area contributed by atoms with Crippen LogP contribution in [0.3, 0.4) is 0 Å². The van der Waals surface area contributed by atoms with E-state index in [0.29, 0.717) is 21.7 Å². The highest BCUT2D eigenvalue weighted by molar-refractivity contribution is 6.35. The Kier molecular flexibility index (Phi) is 5.88. The van der Waals surface area contributed by atoms with Gasteiger partial charge in [0.05, 0.1) is 0 Å². The first kappa shape index (κ1) is 20.2. The van der Waals surface area contributed by atoms with E-state index in [1.54, 1.807) is 24.3 Å². The lowest BCUT2D eigenvalue weighted by molar-refractivity contribution is -0.129. The number of benzene rings is 3. The molecule has 1 aliphatic heterocycles. The van der Waals surface area contributed by atoms with Crippen molar-refractivity contribution in [3.05, 3.63) is 105 Å². The molecular formula is C24H17Cl2NO3. The number of carbonyl (C=O) groups is 1. The van der Waals surface area contributed by atoms with E-state index >= 15 is 0 Å². The van der Waals surface area contributed by atoms with E-state index in [-0.39, 0.29) is 12.3 Å². The SMILES string of the molecule is Cc1ccc(C2=N/C(=C/c3ccc(OCc4c(Cl)cccc4Cl)cc3)C(=O)O2)cc1. The quantitative estimate of drug-likeness (QED) is 0.351. The Morgan fingerprint density at radius 3 is 2.30 bits per heavy atom. The fourth-order valence-corrected chi connectivity index (χ4v) is 3.38. The largest absolute Gasteiger partial charge is 0.489 e. The van der Waals surface area contributed by atoms with Crippen molar-refractivity contribution in [1.29, 1.82) is 0 Å². The third-order valence-corrected chi connectivity index (χ3v) is 5.26. The second-order valence-corrected chi connectivity index (χ2v) is 7.57. The number of rotatable bonds is 5. The summed E-state index contributed by atoms with van der Waals surface area (Å²) in [5, 5.41) is 1.12. The summed E-state index contributed by atoms with van der Waals surface area (Å²) in [6.07, 6.45) is 1.68. The zero-order chi connectivity index (χ0) is 21.1. The van der Waals surface area contributed by atoms with Crippen molar-refractivity contribution in [2.24, 2.45) is 4.99 Å². The van der Waals surface area contributed by atoms with Crippen LogP contribution in [-0.2, 0) is 16.1 Å². The topological polar surface area (TPSA) is 47.9 Å². The van der Waals surface area contributed by atoms with E-state index in [9.17, 15) is 4.79 Å². The molecule has 4 nitrogen and oxygen atoms in total. The molecule has 0 radical (unpaired) electrons. The van der Waals surface area contributed by atoms with Crippen molar-refractivity contribution in [2.45, 2.75) is 13.5 Å². The van der Waals surface area contributed by atoms with Gasteiger partial charge in [0, 0.05) is 21.2 Å². The molecule has 150 valence electrons. The third-order valence-electron chi connectivity index (χ3n) is 4.55. The molecule has 1 heterocycles. The number of cyclic esters (lactones) is 1. The van der Waals surface area contributed by atoms with Crippen LogP contribution in [-0.4, -0.2) is 11.9 Å². The fourth-order valence-electron chi connectivity index (χ4n) is 2.87. The first-order valence-corrected chi connectivity index (χ1v) is 10.0. The summed E-state index contributed by atoms with van der Waals surface area (Å²) in [6, 6.07) is 20.3. The Labute approximate surface area is 184 Å². The highest BCUT2D eigenvalue weighted by atomic mass is 35.5. The predicted octanol–water partition coefficient (Wildman–Crippen LogP) is 6.23. The average molecular weight is 438 g/mol. The van der Waals surface area contributed by atoms with Gasteiger partial charge in [0.1, 0.15) is 12.4 Å². The van der Waals surface area contributed by atoms with Crippen LogP contribution in [0.25, 0.3) is 6.08 Å². The average Bonchev–Trinajstić information content (AvgIpc) is 3.09. The van der Waals surface area contributed by atoms with Crippen molar-refractivity contribution in [2.75, 3.05) is 0 Å². The maximum absolute atomic E-state index is 12.2. The summed E-state index contributed by atoms with van der Waals surface area (Å²) in [4.78, 5) is 16.5. The van der Waals surface area contributed by atoms with Gasteiger partial charge in [0.25, 0.3) is 0 Å². The first-order chi connectivity index (χ1) is 14.5. The van der Waals surface area contributed by atoms with E-state index in [4.69, 9.17) is 32.7 Å². The molecule has 6 heteroatoms. The van der Waals surface area contributed by atoms with E-state index in [1.165, 1.54) is 0 Å². The standard InChI is InChI=1S/C24H17Cl2NO3/c1-15-5-9-17(10-6-15)23-27-22(24(28)30-23)13-16-7-11-18(12-8-16)29-14-19-20(25)3-2-4-21(19)26/h2-13H,14H2,1H3/b22-13+. The van der Waals surface area contributed by atoms with Gasteiger partial charge in [-0.15, -0.1) is 0 Å². The maximum atomic E-state index is 12.2. The Morgan fingerprint density at radius 2 is 1.63 bits per heavy atom. The Hall–Kier alpha value is -3.08. The molecule has 30 heavy (non-hydrogen) atoms. The van der Waals surface area contributed by atoms with Gasteiger partial charge in [-0.05, 0) is 55.0 Å². The molecule has 0 aromatic heterocycles. The Balaban J connectivity index is 1.47. The molecule has 0 spiro atoms. The minimum atomic E-state index is -0.473. The molecule has 3 aromatic rings. The van der Waals surface area contributed by atoms with Crippen molar-refractivity contribution in [1.82, 2.24) is 0 Å². The van der Waals surface area contributed by atoms with Crippen LogP contribution >= 0.6 is 23.2 Å². The van der Waals surface area contributed by atoms with Crippen molar-refractivity contribution in [3.63, 3.8) is 0 Å². The van der Waals surface area contributed by atoms with Crippen LogP contribution in [0, 0.1) is 6.92 Å². The van der Waals surface area contributed by atoms with Gasteiger partial charge in [-0.25, -0.2) is 9.79 Å². The van der Waals surface area contributed by atoms with Gasteiger partial charge in [0.15, 0.2) is 5.70 Å². The second-order valence-electron chi connectivity index (χ2n) is 6.76. The number of hydrogen-bond donors (Lipinski definition) is 0. The van der Waals surface area contributed by atoms with Gasteiger partial charge >= 0.3 is 5.97 Å². The Bertz CT molecular complexity index is 1130. The van der Waals surface area contributed by atoms with Crippen LogP contribution in [0.5, 0.6) is 5.75 Å². The summed E-state index contributed by atoms with van der Waals surface area (Å²) < 4.78 is 11.1. The normalized spacial score (nSPS) is 14.6. The molecule has 0 fully saturated rings. The van der Waals surface area contributed by atoms with Gasteiger partial charge in [-0.3, -0.25) is 0 Å². The zero-order valence-corrected chi connectivity index (χ0v) is 17.6. The van der Waals surface area contributed by atoms with Gasteiger partial charge in [-0.1, -0.05) is 59.1 Å². The molecule has 0 amide bonds. The van der Waals surface area contributed by atoms with Crippen molar-refractivity contribution < 1.29 is 14.3 Å². The van der Waals surface area contributed by atoms with Crippen LogP contribution in [0.15, 0.2) is 77.4 Å². The molecule has 0 aliphatic carbocycles. The summed E-state index contributed by atoms with van der Waals surface area (Å²) >= 11 is 12.3. The first-order valence-electron chi connectivity index (χ1n) is 9.25. The number of esters is 1. The van der Waals surface area contributed by atoms with E-state index < -0.39 is 5.97 Å². The molecule has 0 bridgehead atoms. The monoisotopic (exact) mass is 437 g/mol. The van der Waals surface area contributed by atoms with Crippen molar-refractivity contribution >= 4 is 41.1 Å². The maximum Gasteiger partial charge on any atom is 0.363 e. The highest BCUT2D eigenvalue weighted by Crippen LogP contribution is 2.26. The van der Waals surface area contributed by atoms with Gasteiger partial charge in [-0.2, -0.15) is 0 Å². The van der Waals surface area contributed by atoms with E-state index in [0.717, 1.165) is 22.3 Å². The molecular weight excluding hydrogens is 421 g/mol. The van der Waals surface area contributed by atoms with Crippen LogP contribution in [0.1, 0.15) is 22.3 Å². The molecule has 0 unspecified atom stereocenters. The second kappa shape index (κ2) is 8.74. The summed E-state index contributed by atoms with van der Waals surface area (Å²) in [5.41, 5.74) is 3.68. The number of aliphatic imine (C=N–C) groups is 1. The van der Waals surface area contributed by atoms with Gasteiger partial charge < -0.3 is 9.47 Å². The zero-order valence-electron chi connectivity index (χ0n) is 16.1. The lowest BCUT2D eigenvalue weighted by Crippen LogP contribution is -2.05. The van der Waals surface area contributed by atoms with Crippen LogP contribution < -0.4 is 4.74 Å². The fraction of sp³-hybridized carbons (Fsp3) is 0.0833. The van der Waals surface area contributed by atoms with Crippen LogP contribution in [0.2, 0.25) is 10.0 Å². The number of carbonyl (C=O) groups excluding carboxylic acids is 1. The number of ether oxygens (including phenoxy) is 2. The van der Waals surface area contributed by atoms with E-state index in [2.05, 4.69) is 4.99 Å². The molecule has 0 atom stereocenters. The molecule has 3 aromatic carbocycles. The summed E-state index contributed by atoms with van der Waals surface area (Å²) in [7, 11) is 0. The minimum absolute atomic E-state index is 0.252. The number of aryl methyl sites for hydroxylation is 1. The molecule has 0 saturated carbocycles. The summed E-state index contributed by atoms with van der Waals surface area (Å²) in [5.74, 6) is 0.494. The number of nitrogens with zero attached hydrogens (tertiary/aromatic N) is 1. The third kappa shape index (κ3) is 4.56. The van der Waals surface area contributed by atoms with Gasteiger partial charge in [0.2, 0.25) is 5.90 Å². The highest BCUT2D eigenvalue weighted by Gasteiger charge is 2.24. The number of halogens is 2. The molecule has 1 aliphatic rings. The number of hydrogen-bond acceptors (Lipinski definition) is 4. The predicted molar refractivity (Wildman–Crippen MR) is 119 cm³/mol. The molecule has 0 N–H and O–H groups in total. The van der Waals surface area contributed by atoms with Crippen molar-refractivity contribution in [3.8, 4) is 5.75 Å². The smallest absolute Gasteiger partial charge is 0.363 e. The lowest BCUT2D eigenvalue weighted by Gasteiger charge is -2.09. The van der Waals surface area contributed by atoms with Crippen LogP contribution in [0.4, 0.5) is 0 Å². The van der Waals surface area contributed by atoms with E-state index in [1.807, 2.05) is 55.5 Å². The molecule has 0 saturated heterocycles. The minimum Gasteiger partial charge on any atom is -0.489 e.